The highest BCUT2D eigenvalue weighted by molar-refractivity contribution is 5.75. The number of rotatable bonds is 3. The molecule has 2 atom stereocenters. The van der Waals surface area contributed by atoms with Crippen LogP contribution in [0.15, 0.2) is 0 Å². The van der Waals surface area contributed by atoms with Crippen molar-refractivity contribution in [3.8, 4) is 0 Å². The number of hydrogen-bond acceptors (Lipinski definition) is 4. The van der Waals surface area contributed by atoms with Crippen LogP contribution in [0.3, 0.4) is 0 Å². The second-order valence-corrected chi connectivity index (χ2v) is 4.47. The minimum absolute atomic E-state index is 0.0892. The molecule has 1 heterocycles. The Morgan fingerprint density at radius 2 is 2.27 bits per heavy atom. The van der Waals surface area contributed by atoms with E-state index in [2.05, 4.69) is 36.1 Å². The van der Waals surface area contributed by atoms with E-state index < -0.39 is 0 Å². The molecule has 1 aliphatic rings. The van der Waals surface area contributed by atoms with Gasteiger partial charge in [0.2, 0.25) is 5.91 Å². The second-order valence-electron chi connectivity index (χ2n) is 4.47. The van der Waals surface area contributed by atoms with E-state index in [0.717, 1.165) is 19.6 Å². The topological polar surface area (TPSA) is 61.6 Å². The first-order valence-corrected chi connectivity index (χ1v) is 5.48. The molecule has 1 saturated heterocycles. The van der Waals surface area contributed by atoms with E-state index in [1.54, 1.807) is 0 Å². The third-order valence-corrected chi connectivity index (χ3v) is 3.09. The maximum absolute atomic E-state index is 11.2. The summed E-state index contributed by atoms with van der Waals surface area (Å²) in [5, 5.41) is 0. The highest BCUT2D eigenvalue weighted by atomic mass is 16.2. The summed E-state index contributed by atoms with van der Waals surface area (Å²) in [7, 11) is 2.13. The summed E-state index contributed by atoms with van der Waals surface area (Å²) < 4.78 is 0. The Morgan fingerprint density at radius 1 is 1.60 bits per heavy atom. The van der Waals surface area contributed by atoms with Gasteiger partial charge < -0.3 is 4.90 Å². The van der Waals surface area contributed by atoms with Gasteiger partial charge in [-0.25, -0.2) is 5.84 Å². The van der Waals surface area contributed by atoms with Crippen LogP contribution in [-0.2, 0) is 4.79 Å². The van der Waals surface area contributed by atoms with Crippen molar-refractivity contribution in [2.24, 2.45) is 5.84 Å². The van der Waals surface area contributed by atoms with Crippen LogP contribution in [0.2, 0.25) is 0 Å². The van der Waals surface area contributed by atoms with Crippen LogP contribution in [0.1, 0.15) is 20.3 Å². The average molecular weight is 214 g/mol. The molecule has 0 aromatic carbocycles. The number of nitrogens with one attached hydrogen (secondary N) is 1. The molecule has 5 heteroatoms. The minimum Gasteiger partial charge on any atom is -0.304 e. The summed E-state index contributed by atoms with van der Waals surface area (Å²) in [6.07, 6.45) is 0.477. The minimum atomic E-state index is -0.0892. The lowest BCUT2D eigenvalue weighted by molar-refractivity contribution is -0.122. The van der Waals surface area contributed by atoms with Crippen molar-refractivity contribution < 1.29 is 4.79 Å². The second kappa shape index (κ2) is 5.44. The van der Waals surface area contributed by atoms with Crippen LogP contribution in [0.25, 0.3) is 0 Å². The Bertz CT molecular complexity index is 221. The number of nitrogens with two attached hydrogens (primary N) is 1. The highest BCUT2D eigenvalue weighted by Gasteiger charge is 2.26. The largest absolute Gasteiger partial charge is 0.304 e. The fraction of sp³-hybridized carbons (Fsp3) is 0.900. The number of nitrogens with zero attached hydrogens (tertiary/aromatic N) is 2. The van der Waals surface area contributed by atoms with Crippen LogP contribution in [0.5, 0.6) is 0 Å². The Hall–Kier alpha value is -0.650. The van der Waals surface area contributed by atoms with Crippen molar-refractivity contribution in [2.75, 3.05) is 26.7 Å². The molecule has 0 aromatic rings. The molecule has 1 rings (SSSR count). The summed E-state index contributed by atoms with van der Waals surface area (Å²) in [4.78, 5) is 15.8. The molecule has 88 valence electrons. The maximum Gasteiger partial charge on any atom is 0.235 e. The first kappa shape index (κ1) is 12.4. The summed E-state index contributed by atoms with van der Waals surface area (Å²) in [5.41, 5.74) is 2.18. The standard InChI is InChI=1S/C10H22N4O/c1-8(6-10(15)12-11)14-5-4-13(3)7-9(14)2/h8-9H,4-7,11H2,1-3H3,(H,12,15). The summed E-state index contributed by atoms with van der Waals surface area (Å²) in [5.74, 6) is 4.99. The highest BCUT2D eigenvalue weighted by Crippen LogP contribution is 2.13. The molecule has 15 heavy (non-hydrogen) atoms. The molecule has 0 aliphatic carbocycles. The van der Waals surface area contributed by atoms with Gasteiger partial charge in [0.15, 0.2) is 0 Å². The van der Waals surface area contributed by atoms with Crippen molar-refractivity contribution in [2.45, 2.75) is 32.4 Å². The van der Waals surface area contributed by atoms with Gasteiger partial charge in [-0.15, -0.1) is 0 Å². The molecule has 1 fully saturated rings. The SMILES string of the molecule is CC(CC(=O)NN)N1CCN(C)CC1C. The lowest BCUT2D eigenvalue weighted by atomic mass is 10.1. The molecule has 3 N–H and O–H groups in total. The average Bonchev–Trinajstić information content (AvgIpc) is 2.17. The third-order valence-electron chi connectivity index (χ3n) is 3.09. The van der Waals surface area contributed by atoms with Gasteiger partial charge in [0, 0.05) is 38.1 Å². The summed E-state index contributed by atoms with van der Waals surface area (Å²) >= 11 is 0. The number of carbonyl (C=O) groups is 1. The Balaban J connectivity index is 2.45. The van der Waals surface area contributed by atoms with Crippen LogP contribution < -0.4 is 11.3 Å². The van der Waals surface area contributed by atoms with Crippen LogP contribution >= 0.6 is 0 Å². The smallest absolute Gasteiger partial charge is 0.235 e. The fourth-order valence-electron chi connectivity index (χ4n) is 2.25. The molecule has 0 aromatic heterocycles. The molecule has 0 spiro atoms. The fourth-order valence-corrected chi connectivity index (χ4v) is 2.25. The normalized spacial score (nSPS) is 26.3. The van der Waals surface area contributed by atoms with E-state index in [9.17, 15) is 4.79 Å². The quantitative estimate of drug-likeness (QED) is 0.374. The number of likely N-dealkylation sites (N-methyl/N-ethyl adjacent to an activating group) is 1. The molecule has 0 bridgehead atoms. The Kier molecular flexibility index (Phi) is 4.50. The Labute approximate surface area is 91.6 Å². The molecule has 0 saturated carbocycles. The van der Waals surface area contributed by atoms with Crippen LogP contribution in [0.4, 0.5) is 0 Å². The number of amides is 1. The molecule has 1 amide bonds. The van der Waals surface area contributed by atoms with E-state index in [0.29, 0.717) is 12.5 Å². The summed E-state index contributed by atoms with van der Waals surface area (Å²) in [6.45, 7) is 7.44. The van der Waals surface area contributed by atoms with Crippen LogP contribution in [-0.4, -0.2) is 54.5 Å². The van der Waals surface area contributed by atoms with Gasteiger partial charge in [-0.3, -0.25) is 15.1 Å². The van der Waals surface area contributed by atoms with Crippen molar-refractivity contribution in [1.29, 1.82) is 0 Å². The lowest BCUT2D eigenvalue weighted by Crippen LogP contribution is -2.54. The van der Waals surface area contributed by atoms with Crippen molar-refractivity contribution in [3.05, 3.63) is 0 Å². The number of carbonyl (C=O) groups excluding carboxylic acids is 1. The van der Waals surface area contributed by atoms with Gasteiger partial charge in [-0.2, -0.15) is 0 Å². The summed E-state index contributed by atoms with van der Waals surface area (Å²) in [6, 6.07) is 0.765. The van der Waals surface area contributed by atoms with Crippen LogP contribution in [0, 0.1) is 0 Å². The van der Waals surface area contributed by atoms with E-state index in [1.165, 1.54) is 0 Å². The van der Waals surface area contributed by atoms with Gasteiger partial charge >= 0.3 is 0 Å². The van der Waals surface area contributed by atoms with Gasteiger partial charge in [-0.05, 0) is 20.9 Å². The molecule has 0 radical (unpaired) electrons. The predicted octanol–water partition coefficient (Wildman–Crippen LogP) is -0.609. The van der Waals surface area contributed by atoms with Gasteiger partial charge in [0.1, 0.15) is 0 Å². The zero-order valence-corrected chi connectivity index (χ0v) is 9.86. The lowest BCUT2D eigenvalue weighted by Gasteiger charge is -2.41. The molecule has 2 unspecified atom stereocenters. The number of piperazine rings is 1. The number of hydrogen-bond donors (Lipinski definition) is 2. The zero-order chi connectivity index (χ0) is 11.4. The molecule has 1 aliphatic heterocycles. The number of hydrazine groups is 1. The van der Waals surface area contributed by atoms with E-state index in [-0.39, 0.29) is 11.9 Å². The van der Waals surface area contributed by atoms with Crippen molar-refractivity contribution >= 4 is 5.91 Å². The molecule has 5 nitrogen and oxygen atoms in total. The van der Waals surface area contributed by atoms with Crippen molar-refractivity contribution in [3.63, 3.8) is 0 Å². The predicted molar refractivity (Wildman–Crippen MR) is 60.1 cm³/mol. The van der Waals surface area contributed by atoms with Crippen molar-refractivity contribution in [1.82, 2.24) is 15.2 Å². The molecular weight excluding hydrogens is 192 g/mol. The maximum atomic E-state index is 11.2. The van der Waals surface area contributed by atoms with E-state index >= 15 is 0 Å². The van der Waals surface area contributed by atoms with Gasteiger partial charge in [0.25, 0.3) is 0 Å². The molecular formula is C10H22N4O. The third kappa shape index (κ3) is 3.44. The first-order valence-electron chi connectivity index (χ1n) is 5.48. The van der Waals surface area contributed by atoms with Gasteiger partial charge in [-0.1, -0.05) is 0 Å². The van der Waals surface area contributed by atoms with Gasteiger partial charge in [0.05, 0.1) is 0 Å². The first-order chi connectivity index (χ1) is 7.04. The van der Waals surface area contributed by atoms with E-state index in [1.807, 2.05) is 0 Å². The Morgan fingerprint density at radius 3 is 2.80 bits per heavy atom. The van der Waals surface area contributed by atoms with E-state index in [4.69, 9.17) is 5.84 Å². The monoisotopic (exact) mass is 214 g/mol. The zero-order valence-electron chi connectivity index (χ0n) is 9.86.